The lowest BCUT2D eigenvalue weighted by molar-refractivity contribution is -0.139. The third-order valence-electron chi connectivity index (χ3n) is 2.64. The largest absolute Gasteiger partial charge is 0.353 e. The maximum absolute atomic E-state index is 11.8. The Morgan fingerprint density at radius 2 is 2.13 bits per heavy atom. The van der Waals surface area contributed by atoms with Crippen LogP contribution in [-0.2, 0) is 9.59 Å². The van der Waals surface area contributed by atoms with Crippen LogP contribution in [-0.4, -0.2) is 60.9 Å². The van der Waals surface area contributed by atoms with E-state index in [1.54, 1.807) is 4.90 Å². The van der Waals surface area contributed by atoms with Crippen LogP contribution in [0.5, 0.6) is 0 Å². The zero-order chi connectivity index (χ0) is 11.3. The summed E-state index contributed by atoms with van der Waals surface area (Å²) in [6.45, 7) is 7.61. The summed E-state index contributed by atoms with van der Waals surface area (Å²) in [5.41, 5.74) is 0. The van der Waals surface area contributed by atoms with E-state index >= 15 is 0 Å². The maximum Gasteiger partial charge on any atom is 0.239 e. The lowest BCUT2D eigenvalue weighted by Gasteiger charge is -2.28. The molecule has 0 saturated carbocycles. The van der Waals surface area contributed by atoms with Gasteiger partial charge in [0.15, 0.2) is 0 Å². The van der Waals surface area contributed by atoms with Crippen molar-refractivity contribution in [1.82, 2.24) is 15.1 Å². The predicted molar refractivity (Wildman–Crippen MR) is 57.4 cm³/mol. The number of piperazine rings is 1. The highest BCUT2D eigenvalue weighted by molar-refractivity contribution is 5.86. The van der Waals surface area contributed by atoms with Gasteiger partial charge < -0.3 is 10.2 Å². The van der Waals surface area contributed by atoms with Crippen molar-refractivity contribution in [3.8, 4) is 0 Å². The molecule has 0 aromatic carbocycles. The number of carbonyl (C=O) groups excluding carboxylic acids is 2. The van der Waals surface area contributed by atoms with Crippen LogP contribution < -0.4 is 5.32 Å². The summed E-state index contributed by atoms with van der Waals surface area (Å²) in [6, 6.07) is 0. The van der Waals surface area contributed by atoms with E-state index in [-0.39, 0.29) is 18.4 Å². The first-order valence-corrected chi connectivity index (χ1v) is 5.44. The normalized spacial score (nSPS) is 16.7. The Kier molecular flexibility index (Phi) is 4.55. The average molecular weight is 213 g/mol. The van der Waals surface area contributed by atoms with Crippen LogP contribution in [0.2, 0.25) is 0 Å². The van der Waals surface area contributed by atoms with Crippen molar-refractivity contribution in [3.05, 3.63) is 0 Å². The Morgan fingerprint density at radius 3 is 2.67 bits per heavy atom. The Labute approximate surface area is 90.4 Å². The molecule has 1 aliphatic rings. The number of rotatable bonds is 4. The molecule has 0 bridgehead atoms. The van der Waals surface area contributed by atoms with E-state index in [4.69, 9.17) is 0 Å². The number of amides is 2. The Bertz CT molecular complexity index is 239. The van der Waals surface area contributed by atoms with Gasteiger partial charge in [0.25, 0.3) is 0 Å². The van der Waals surface area contributed by atoms with Crippen molar-refractivity contribution in [2.24, 2.45) is 0 Å². The lowest BCUT2D eigenvalue weighted by Crippen LogP contribution is -2.52. The maximum atomic E-state index is 11.8. The topological polar surface area (TPSA) is 52.7 Å². The van der Waals surface area contributed by atoms with Crippen LogP contribution in [0.15, 0.2) is 0 Å². The highest BCUT2D eigenvalue weighted by atomic mass is 16.2. The molecule has 0 atom stereocenters. The molecule has 1 heterocycles. The third-order valence-corrected chi connectivity index (χ3v) is 2.64. The number of hydrogen-bond acceptors (Lipinski definition) is 3. The number of likely N-dealkylation sites (N-methyl/N-ethyl adjacent to an activating group) is 1. The van der Waals surface area contributed by atoms with Gasteiger partial charge in [-0.1, -0.05) is 13.8 Å². The second kappa shape index (κ2) is 5.70. The molecular weight excluding hydrogens is 194 g/mol. The second-order valence-electron chi connectivity index (χ2n) is 3.63. The van der Waals surface area contributed by atoms with E-state index in [9.17, 15) is 9.59 Å². The van der Waals surface area contributed by atoms with Crippen molar-refractivity contribution in [2.75, 3.05) is 39.3 Å². The van der Waals surface area contributed by atoms with Crippen molar-refractivity contribution in [3.63, 3.8) is 0 Å². The van der Waals surface area contributed by atoms with Crippen LogP contribution in [0.1, 0.15) is 13.8 Å². The Hall–Kier alpha value is -1.10. The minimum atomic E-state index is -0.0610. The smallest absolute Gasteiger partial charge is 0.239 e. The summed E-state index contributed by atoms with van der Waals surface area (Å²) in [7, 11) is 0. The summed E-state index contributed by atoms with van der Waals surface area (Å²) in [4.78, 5) is 26.5. The Morgan fingerprint density at radius 1 is 1.47 bits per heavy atom. The van der Waals surface area contributed by atoms with Crippen LogP contribution >= 0.6 is 0 Å². The standard InChI is InChI=1S/C10H19N3O2/c1-3-12(4-2)8-10(15)13-6-5-11-9(14)7-13/h3-8H2,1-2H3,(H,11,14). The predicted octanol–water partition coefficient (Wildman–Crippen LogP) is -0.713. The Balaban J connectivity index is 2.41. The highest BCUT2D eigenvalue weighted by Crippen LogP contribution is 1.97. The minimum absolute atomic E-state index is 0.0496. The third kappa shape index (κ3) is 3.51. The monoisotopic (exact) mass is 213 g/mol. The second-order valence-corrected chi connectivity index (χ2v) is 3.63. The summed E-state index contributed by atoms with van der Waals surface area (Å²) in [6.07, 6.45) is 0. The molecule has 0 spiro atoms. The molecule has 5 nitrogen and oxygen atoms in total. The fraction of sp³-hybridized carbons (Fsp3) is 0.800. The van der Waals surface area contributed by atoms with Crippen LogP contribution in [0.3, 0.4) is 0 Å². The molecular formula is C10H19N3O2. The van der Waals surface area contributed by atoms with Gasteiger partial charge in [0.2, 0.25) is 11.8 Å². The van der Waals surface area contributed by atoms with Gasteiger partial charge in [-0.2, -0.15) is 0 Å². The van der Waals surface area contributed by atoms with Gasteiger partial charge in [-0.3, -0.25) is 14.5 Å². The van der Waals surface area contributed by atoms with Crippen molar-refractivity contribution < 1.29 is 9.59 Å². The molecule has 1 saturated heterocycles. The molecule has 0 aromatic rings. The molecule has 1 N–H and O–H groups in total. The first-order valence-electron chi connectivity index (χ1n) is 5.44. The van der Waals surface area contributed by atoms with Crippen molar-refractivity contribution >= 4 is 11.8 Å². The molecule has 2 amide bonds. The summed E-state index contributed by atoms with van der Waals surface area (Å²) in [5, 5.41) is 2.70. The molecule has 1 aliphatic heterocycles. The zero-order valence-electron chi connectivity index (χ0n) is 9.45. The molecule has 15 heavy (non-hydrogen) atoms. The summed E-state index contributed by atoms with van der Waals surface area (Å²) < 4.78 is 0. The van der Waals surface area contributed by atoms with E-state index in [0.29, 0.717) is 19.6 Å². The van der Waals surface area contributed by atoms with Gasteiger partial charge >= 0.3 is 0 Å². The summed E-state index contributed by atoms with van der Waals surface area (Å²) >= 11 is 0. The molecule has 1 rings (SSSR count). The molecule has 5 heteroatoms. The van der Waals surface area contributed by atoms with Crippen LogP contribution in [0.4, 0.5) is 0 Å². The van der Waals surface area contributed by atoms with Crippen molar-refractivity contribution in [1.29, 1.82) is 0 Å². The summed E-state index contributed by atoms with van der Waals surface area (Å²) in [5.74, 6) is -0.0114. The van der Waals surface area contributed by atoms with E-state index < -0.39 is 0 Å². The van der Waals surface area contributed by atoms with E-state index in [2.05, 4.69) is 10.2 Å². The van der Waals surface area contributed by atoms with E-state index in [1.807, 2.05) is 13.8 Å². The first kappa shape index (κ1) is 12.0. The SMILES string of the molecule is CCN(CC)CC(=O)N1CCNC(=O)C1. The molecule has 0 unspecified atom stereocenters. The van der Waals surface area contributed by atoms with E-state index in [0.717, 1.165) is 13.1 Å². The quantitative estimate of drug-likeness (QED) is 0.671. The van der Waals surface area contributed by atoms with Gasteiger partial charge in [0.05, 0.1) is 13.1 Å². The average Bonchev–Trinajstić information content (AvgIpc) is 2.25. The minimum Gasteiger partial charge on any atom is -0.353 e. The molecule has 86 valence electrons. The van der Waals surface area contributed by atoms with Gasteiger partial charge in [-0.25, -0.2) is 0 Å². The lowest BCUT2D eigenvalue weighted by atomic mass is 10.3. The van der Waals surface area contributed by atoms with Crippen LogP contribution in [0.25, 0.3) is 0 Å². The first-order chi connectivity index (χ1) is 7.17. The fourth-order valence-electron chi connectivity index (χ4n) is 1.59. The number of nitrogens with zero attached hydrogens (tertiary/aromatic N) is 2. The zero-order valence-corrected chi connectivity index (χ0v) is 9.45. The van der Waals surface area contributed by atoms with Crippen molar-refractivity contribution in [2.45, 2.75) is 13.8 Å². The molecule has 0 radical (unpaired) electrons. The number of nitrogens with one attached hydrogen (secondary N) is 1. The number of carbonyl (C=O) groups is 2. The number of hydrogen-bond donors (Lipinski definition) is 1. The van der Waals surface area contributed by atoms with Crippen LogP contribution in [0, 0.1) is 0 Å². The molecule has 0 aliphatic carbocycles. The van der Waals surface area contributed by atoms with E-state index in [1.165, 1.54) is 0 Å². The fourth-order valence-corrected chi connectivity index (χ4v) is 1.59. The van der Waals surface area contributed by atoms with Gasteiger partial charge in [0, 0.05) is 13.1 Å². The van der Waals surface area contributed by atoms with Gasteiger partial charge in [-0.15, -0.1) is 0 Å². The van der Waals surface area contributed by atoms with Gasteiger partial charge in [-0.05, 0) is 13.1 Å². The molecule has 0 aromatic heterocycles. The molecule has 1 fully saturated rings. The highest BCUT2D eigenvalue weighted by Gasteiger charge is 2.21. The van der Waals surface area contributed by atoms with Gasteiger partial charge in [0.1, 0.15) is 0 Å².